The van der Waals surface area contributed by atoms with Crippen LogP contribution in [0.2, 0.25) is 0 Å². The topological polar surface area (TPSA) is 41.6 Å². The fraction of sp³-hybridized carbons (Fsp3) is 0.562. The molecule has 4 nitrogen and oxygen atoms in total. The van der Waals surface area contributed by atoms with E-state index in [4.69, 9.17) is 4.74 Å². The fourth-order valence-electron chi connectivity index (χ4n) is 3.08. The number of rotatable bonds is 4. The van der Waals surface area contributed by atoms with Gasteiger partial charge >= 0.3 is 6.09 Å². The number of amides is 1. The molecule has 1 amide bonds. The van der Waals surface area contributed by atoms with E-state index < -0.39 is 0 Å². The third kappa shape index (κ3) is 3.12. The van der Waals surface area contributed by atoms with E-state index in [2.05, 4.69) is 10.2 Å². The summed E-state index contributed by atoms with van der Waals surface area (Å²) in [6.07, 6.45) is 4.57. The lowest BCUT2D eigenvalue weighted by Gasteiger charge is -2.42. The number of ether oxygens (including phenoxy) is 1. The number of nitrogens with zero attached hydrogens (tertiary/aromatic N) is 1. The lowest BCUT2D eigenvalue weighted by atomic mass is 9.85. The molecule has 108 valence electrons. The van der Waals surface area contributed by atoms with E-state index in [1.807, 2.05) is 30.3 Å². The molecule has 20 heavy (non-hydrogen) atoms. The largest absolute Gasteiger partial charge is 0.445 e. The maximum Gasteiger partial charge on any atom is 0.407 e. The zero-order chi connectivity index (χ0) is 13.8. The zero-order valence-corrected chi connectivity index (χ0v) is 11.8. The van der Waals surface area contributed by atoms with E-state index in [0.29, 0.717) is 12.6 Å². The van der Waals surface area contributed by atoms with Gasteiger partial charge in [0.1, 0.15) is 6.61 Å². The average Bonchev–Trinajstić information content (AvgIpc) is 2.96. The first-order valence-corrected chi connectivity index (χ1v) is 7.54. The molecular weight excluding hydrogens is 252 g/mol. The smallest absolute Gasteiger partial charge is 0.407 e. The van der Waals surface area contributed by atoms with Crippen LogP contribution in [-0.4, -0.2) is 36.2 Å². The highest BCUT2D eigenvalue weighted by Gasteiger charge is 2.37. The van der Waals surface area contributed by atoms with Crippen LogP contribution in [0.3, 0.4) is 0 Å². The van der Waals surface area contributed by atoms with Gasteiger partial charge in [-0.25, -0.2) is 4.79 Å². The molecule has 1 aliphatic heterocycles. The number of alkyl carbamates (subject to hydrolysis) is 1. The van der Waals surface area contributed by atoms with Gasteiger partial charge in [0.2, 0.25) is 0 Å². The minimum absolute atomic E-state index is 0.274. The van der Waals surface area contributed by atoms with E-state index in [9.17, 15) is 4.79 Å². The summed E-state index contributed by atoms with van der Waals surface area (Å²) in [5.74, 6) is 0. The monoisotopic (exact) mass is 274 g/mol. The molecule has 1 saturated carbocycles. The summed E-state index contributed by atoms with van der Waals surface area (Å²) in [5.41, 5.74) is 1.02. The number of hydrogen-bond donors (Lipinski definition) is 1. The number of likely N-dealkylation sites (tertiary alicyclic amines) is 1. The van der Waals surface area contributed by atoms with Crippen LogP contribution in [0.5, 0.6) is 0 Å². The molecule has 1 aromatic rings. The Morgan fingerprint density at radius 3 is 2.60 bits per heavy atom. The van der Waals surface area contributed by atoms with E-state index >= 15 is 0 Å². The lowest BCUT2D eigenvalue weighted by Crippen LogP contribution is -2.57. The predicted octanol–water partition coefficient (Wildman–Crippen LogP) is 2.54. The standard InChI is InChI=1S/C16H22N2O2/c19-16(20-12-13-6-2-1-3-7-13)17-14-8-9-15(14)18-10-4-5-11-18/h1-3,6-7,14-15H,4-5,8-12H2,(H,17,19)/t14-,15-/m1/s1. The van der Waals surface area contributed by atoms with Crippen molar-refractivity contribution in [2.75, 3.05) is 13.1 Å². The second-order valence-electron chi connectivity index (χ2n) is 5.70. The van der Waals surface area contributed by atoms with Crippen LogP contribution in [-0.2, 0) is 11.3 Å². The SMILES string of the molecule is O=C(N[C@@H]1CC[C@H]1N1CCCC1)OCc1ccccc1. The minimum atomic E-state index is -0.289. The second-order valence-corrected chi connectivity index (χ2v) is 5.70. The van der Waals surface area contributed by atoms with Crippen molar-refractivity contribution in [2.45, 2.75) is 44.4 Å². The van der Waals surface area contributed by atoms with Crippen molar-refractivity contribution >= 4 is 6.09 Å². The van der Waals surface area contributed by atoms with Crippen LogP contribution in [0.4, 0.5) is 4.79 Å². The summed E-state index contributed by atoms with van der Waals surface area (Å²) in [4.78, 5) is 14.3. The summed E-state index contributed by atoms with van der Waals surface area (Å²) in [7, 11) is 0. The van der Waals surface area contributed by atoms with Crippen molar-refractivity contribution in [1.82, 2.24) is 10.2 Å². The molecule has 3 rings (SSSR count). The number of hydrogen-bond acceptors (Lipinski definition) is 3. The Morgan fingerprint density at radius 1 is 1.20 bits per heavy atom. The van der Waals surface area contributed by atoms with Gasteiger partial charge in [-0.1, -0.05) is 30.3 Å². The molecule has 1 N–H and O–H groups in total. The van der Waals surface area contributed by atoms with Crippen LogP contribution in [0, 0.1) is 0 Å². The highest BCUT2D eigenvalue weighted by atomic mass is 16.5. The molecule has 1 aliphatic carbocycles. The normalized spacial score (nSPS) is 26.0. The van der Waals surface area contributed by atoms with Crippen molar-refractivity contribution < 1.29 is 9.53 Å². The van der Waals surface area contributed by atoms with Crippen LogP contribution in [0.1, 0.15) is 31.2 Å². The van der Waals surface area contributed by atoms with Crippen LogP contribution in [0.15, 0.2) is 30.3 Å². The van der Waals surface area contributed by atoms with E-state index in [0.717, 1.165) is 12.0 Å². The van der Waals surface area contributed by atoms with Gasteiger partial charge in [0.25, 0.3) is 0 Å². The van der Waals surface area contributed by atoms with Crippen molar-refractivity contribution in [2.24, 2.45) is 0 Å². The summed E-state index contributed by atoms with van der Waals surface area (Å²) < 4.78 is 5.28. The number of nitrogens with one attached hydrogen (secondary N) is 1. The van der Waals surface area contributed by atoms with Gasteiger partial charge in [0, 0.05) is 12.1 Å². The third-order valence-electron chi connectivity index (χ3n) is 4.36. The van der Waals surface area contributed by atoms with Gasteiger partial charge in [-0.3, -0.25) is 4.90 Å². The molecule has 0 spiro atoms. The first-order valence-electron chi connectivity index (χ1n) is 7.54. The molecule has 1 heterocycles. The van der Waals surface area contributed by atoms with Crippen LogP contribution >= 0.6 is 0 Å². The second kappa shape index (κ2) is 6.27. The van der Waals surface area contributed by atoms with E-state index in [1.165, 1.54) is 32.4 Å². The van der Waals surface area contributed by atoms with Gasteiger partial charge in [-0.05, 0) is 44.3 Å². The number of benzene rings is 1. The molecule has 0 aromatic heterocycles. The summed E-state index contributed by atoms with van der Waals surface area (Å²) in [6, 6.07) is 10.6. The molecule has 1 saturated heterocycles. The molecule has 0 radical (unpaired) electrons. The molecule has 2 atom stereocenters. The molecule has 4 heteroatoms. The lowest BCUT2D eigenvalue weighted by molar-refractivity contribution is 0.0880. The van der Waals surface area contributed by atoms with E-state index in [1.54, 1.807) is 0 Å². The van der Waals surface area contributed by atoms with Crippen molar-refractivity contribution in [1.29, 1.82) is 0 Å². The highest BCUT2D eigenvalue weighted by Crippen LogP contribution is 2.28. The Hall–Kier alpha value is -1.55. The number of carbonyl (C=O) groups is 1. The van der Waals surface area contributed by atoms with Crippen molar-refractivity contribution in [3.05, 3.63) is 35.9 Å². The van der Waals surface area contributed by atoms with Gasteiger partial charge < -0.3 is 10.1 Å². The van der Waals surface area contributed by atoms with Crippen LogP contribution < -0.4 is 5.32 Å². The Morgan fingerprint density at radius 2 is 1.95 bits per heavy atom. The summed E-state index contributed by atoms with van der Waals surface area (Å²) >= 11 is 0. The first-order chi connectivity index (χ1) is 9.83. The number of carbonyl (C=O) groups excluding carboxylic acids is 1. The Balaban J connectivity index is 1.42. The Kier molecular flexibility index (Phi) is 4.21. The van der Waals surface area contributed by atoms with Gasteiger partial charge in [-0.2, -0.15) is 0 Å². The summed E-state index contributed by atoms with van der Waals surface area (Å²) in [6.45, 7) is 2.71. The Labute approximate surface area is 120 Å². The molecule has 2 fully saturated rings. The third-order valence-corrected chi connectivity index (χ3v) is 4.36. The van der Waals surface area contributed by atoms with Gasteiger partial charge in [-0.15, -0.1) is 0 Å². The molecule has 0 unspecified atom stereocenters. The van der Waals surface area contributed by atoms with Gasteiger partial charge in [0.15, 0.2) is 0 Å². The first kappa shape index (κ1) is 13.4. The van der Waals surface area contributed by atoms with Crippen molar-refractivity contribution in [3.8, 4) is 0 Å². The summed E-state index contributed by atoms with van der Waals surface area (Å²) in [5, 5.41) is 3.01. The molecule has 2 aliphatic rings. The quantitative estimate of drug-likeness (QED) is 0.917. The molecule has 0 bridgehead atoms. The highest BCUT2D eigenvalue weighted by molar-refractivity contribution is 5.67. The zero-order valence-electron chi connectivity index (χ0n) is 11.8. The van der Waals surface area contributed by atoms with E-state index in [-0.39, 0.29) is 12.1 Å². The van der Waals surface area contributed by atoms with Gasteiger partial charge in [0.05, 0.1) is 0 Å². The predicted molar refractivity (Wildman–Crippen MR) is 77.4 cm³/mol. The molecular formula is C16H22N2O2. The Bertz CT molecular complexity index is 443. The van der Waals surface area contributed by atoms with Crippen LogP contribution in [0.25, 0.3) is 0 Å². The minimum Gasteiger partial charge on any atom is -0.445 e. The maximum atomic E-state index is 11.8. The van der Waals surface area contributed by atoms with Crippen molar-refractivity contribution in [3.63, 3.8) is 0 Å². The fourth-order valence-corrected chi connectivity index (χ4v) is 3.08. The molecule has 1 aromatic carbocycles. The maximum absolute atomic E-state index is 11.8. The average molecular weight is 274 g/mol.